The number of nitrogens with one attached hydrogen (secondary N) is 1. The van der Waals surface area contributed by atoms with Crippen molar-refractivity contribution >= 4 is 18.4 Å². The zero-order valence-electron chi connectivity index (χ0n) is 14.3. The maximum absolute atomic E-state index is 12.4. The van der Waals surface area contributed by atoms with E-state index in [-0.39, 0.29) is 18.4 Å². The number of furan rings is 1. The first-order valence-corrected chi connectivity index (χ1v) is 8.47. The van der Waals surface area contributed by atoms with Gasteiger partial charge in [-0.3, -0.25) is 4.68 Å². The Morgan fingerprint density at radius 2 is 2.08 bits per heavy atom. The number of aromatic nitrogens is 2. The number of carbonyl (C=O) groups excluding carboxylic acids is 1. The third-order valence-electron chi connectivity index (χ3n) is 4.40. The molecule has 3 aromatic rings. The normalized spacial score (nSPS) is 13.0. The maximum atomic E-state index is 12.4. The third-order valence-corrected chi connectivity index (χ3v) is 4.40. The molecule has 26 heavy (non-hydrogen) atoms. The lowest BCUT2D eigenvalue weighted by molar-refractivity contribution is 0.186. The molecule has 1 N–H and O–H groups in total. The van der Waals surface area contributed by atoms with E-state index < -0.39 is 0 Å². The van der Waals surface area contributed by atoms with Crippen LogP contribution >= 0.6 is 12.4 Å². The van der Waals surface area contributed by atoms with Gasteiger partial charge in [-0.2, -0.15) is 5.10 Å². The highest BCUT2D eigenvalue weighted by molar-refractivity contribution is 5.85. The van der Waals surface area contributed by atoms with Gasteiger partial charge in [0.2, 0.25) is 0 Å². The Hall–Kier alpha value is -2.73. The lowest BCUT2D eigenvalue weighted by Gasteiger charge is -2.26. The second-order valence-electron chi connectivity index (χ2n) is 6.10. The minimum absolute atomic E-state index is 0. The molecular formula is C19H21ClN4O2. The third kappa shape index (κ3) is 3.91. The van der Waals surface area contributed by atoms with Gasteiger partial charge in [-0.05, 0) is 24.1 Å². The lowest BCUT2D eigenvalue weighted by atomic mass is 10.1. The first-order valence-electron chi connectivity index (χ1n) is 8.47. The van der Waals surface area contributed by atoms with Crippen molar-refractivity contribution in [1.29, 1.82) is 0 Å². The van der Waals surface area contributed by atoms with Gasteiger partial charge >= 0.3 is 6.03 Å². The number of carbonyl (C=O) groups is 1. The van der Waals surface area contributed by atoms with Gasteiger partial charge in [0.1, 0.15) is 11.5 Å². The van der Waals surface area contributed by atoms with Crippen molar-refractivity contribution in [2.45, 2.75) is 19.5 Å². The van der Waals surface area contributed by atoms with E-state index in [1.807, 2.05) is 42.6 Å². The highest BCUT2D eigenvalue weighted by Gasteiger charge is 2.24. The number of fused-ring (bicyclic) bond motifs is 1. The molecule has 0 saturated carbocycles. The van der Waals surface area contributed by atoms with Crippen LogP contribution in [0.1, 0.15) is 11.3 Å². The molecule has 0 fully saturated rings. The number of nitrogens with zero attached hydrogens (tertiary/aromatic N) is 3. The molecule has 0 saturated heterocycles. The fourth-order valence-electron chi connectivity index (χ4n) is 3.06. The second-order valence-corrected chi connectivity index (χ2v) is 6.10. The number of hydrogen-bond acceptors (Lipinski definition) is 3. The van der Waals surface area contributed by atoms with Gasteiger partial charge in [-0.25, -0.2) is 4.79 Å². The van der Waals surface area contributed by atoms with Crippen molar-refractivity contribution in [2.24, 2.45) is 0 Å². The molecule has 4 rings (SSSR count). The molecule has 2 amide bonds. The molecule has 6 nitrogen and oxygen atoms in total. The molecule has 2 aromatic heterocycles. The molecule has 1 aliphatic heterocycles. The van der Waals surface area contributed by atoms with Gasteiger partial charge < -0.3 is 14.6 Å². The first kappa shape index (κ1) is 18.1. The Morgan fingerprint density at radius 3 is 2.85 bits per heavy atom. The summed E-state index contributed by atoms with van der Waals surface area (Å²) in [6.45, 7) is 2.43. The van der Waals surface area contributed by atoms with Crippen LogP contribution in [0.5, 0.6) is 0 Å². The van der Waals surface area contributed by atoms with Crippen LogP contribution in [0.4, 0.5) is 4.79 Å². The monoisotopic (exact) mass is 372 g/mol. The summed E-state index contributed by atoms with van der Waals surface area (Å²) < 4.78 is 7.80. The van der Waals surface area contributed by atoms with Crippen LogP contribution in [-0.4, -0.2) is 33.8 Å². The maximum Gasteiger partial charge on any atom is 0.317 e. The number of hydrogen-bond donors (Lipinski definition) is 1. The number of urea groups is 1. The van der Waals surface area contributed by atoms with Crippen LogP contribution in [0.3, 0.4) is 0 Å². The van der Waals surface area contributed by atoms with Crippen molar-refractivity contribution in [1.82, 2.24) is 20.0 Å². The van der Waals surface area contributed by atoms with Crippen LogP contribution in [0.15, 0.2) is 59.3 Å². The van der Waals surface area contributed by atoms with Crippen molar-refractivity contribution in [3.05, 3.63) is 66.2 Å². The molecule has 1 aromatic carbocycles. The van der Waals surface area contributed by atoms with Crippen LogP contribution in [-0.2, 0) is 19.5 Å². The quantitative estimate of drug-likeness (QED) is 0.764. The molecule has 0 radical (unpaired) electrons. The van der Waals surface area contributed by atoms with E-state index in [1.165, 1.54) is 5.56 Å². The van der Waals surface area contributed by atoms with E-state index in [2.05, 4.69) is 16.5 Å². The predicted molar refractivity (Wildman–Crippen MR) is 101 cm³/mol. The molecule has 136 valence electrons. The zero-order valence-corrected chi connectivity index (χ0v) is 15.1. The van der Waals surface area contributed by atoms with Gasteiger partial charge in [0, 0.05) is 31.0 Å². The van der Waals surface area contributed by atoms with Crippen molar-refractivity contribution in [3.8, 4) is 11.3 Å². The second kappa shape index (κ2) is 8.10. The Bertz CT molecular complexity index is 846. The highest BCUT2D eigenvalue weighted by atomic mass is 35.5. The van der Waals surface area contributed by atoms with E-state index in [0.29, 0.717) is 26.2 Å². The lowest BCUT2D eigenvalue weighted by Crippen LogP contribution is -2.43. The minimum Gasteiger partial charge on any atom is -0.459 e. The molecule has 0 atom stereocenters. The molecule has 0 bridgehead atoms. The summed E-state index contributed by atoms with van der Waals surface area (Å²) in [4.78, 5) is 14.2. The predicted octanol–water partition coefficient (Wildman–Crippen LogP) is 3.33. The molecule has 3 heterocycles. The topological polar surface area (TPSA) is 63.3 Å². The Labute approximate surface area is 158 Å². The Balaban J connectivity index is 0.00000196. The molecular weight excluding hydrogens is 352 g/mol. The summed E-state index contributed by atoms with van der Waals surface area (Å²) in [7, 11) is 0. The molecule has 7 heteroatoms. The summed E-state index contributed by atoms with van der Waals surface area (Å²) in [5.74, 6) is 1.75. The Kier molecular flexibility index (Phi) is 5.63. The fourth-order valence-corrected chi connectivity index (χ4v) is 3.06. The fraction of sp³-hybridized carbons (Fsp3) is 0.263. The molecule has 0 aliphatic carbocycles. The van der Waals surface area contributed by atoms with E-state index >= 15 is 0 Å². The Morgan fingerprint density at radius 1 is 1.23 bits per heavy atom. The van der Waals surface area contributed by atoms with Gasteiger partial charge in [0.05, 0.1) is 13.1 Å². The number of benzene rings is 1. The van der Waals surface area contributed by atoms with Gasteiger partial charge in [-0.15, -0.1) is 12.4 Å². The summed E-state index contributed by atoms with van der Waals surface area (Å²) in [6, 6.07) is 13.9. The average Bonchev–Trinajstić information content (AvgIpc) is 3.31. The smallest absolute Gasteiger partial charge is 0.317 e. The minimum atomic E-state index is -0.0598. The summed E-state index contributed by atoms with van der Waals surface area (Å²) >= 11 is 0. The standard InChI is InChI=1S/C19H20N4O2.ClH/c24-19(20-9-12-23-10-4-8-21-23)22-11-7-16-13-17(25-18(16)14-22)15-5-2-1-3-6-15;/h1-6,8,10,13H,7,9,11-12,14H2,(H,20,24);1H. The number of amides is 2. The van der Waals surface area contributed by atoms with Crippen LogP contribution in [0.25, 0.3) is 11.3 Å². The SMILES string of the molecule is Cl.O=C(NCCn1cccn1)N1CCc2cc(-c3ccccc3)oc2C1. The summed E-state index contributed by atoms with van der Waals surface area (Å²) in [6.07, 6.45) is 4.43. The van der Waals surface area contributed by atoms with Crippen LogP contribution in [0, 0.1) is 0 Å². The van der Waals surface area contributed by atoms with E-state index in [9.17, 15) is 4.79 Å². The van der Waals surface area contributed by atoms with Crippen LogP contribution in [0.2, 0.25) is 0 Å². The van der Waals surface area contributed by atoms with Gasteiger partial charge in [0.15, 0.2) is 0 Å². The van der Waals surface area contributed by atoms with E-state index in [4.69, 9.17) is 4.42 Å². The number of rotatable bonds is 4. The highest BCUT2D eigenvalue weighted by Crippen LogP contribution is 2.29. The molecule has 1 aliphatic rings. The van der Waals surface area contributed by atoms with E-state index in [0.717, 1.165) is 23.5 Å². The van der Waals surface area contributed by atoms with Gasteiger partial charge in [-0.1, -0.05) is 30.3 Å². The molecule has 0 spiro atoms. The van der Waals surface area contributed by atoms with Crippen molar-refractivity contribution in [3.63, 3.8) is 0 Å². The van der Waals surface area contributed by atoms with Gasteiger partial charge in [0.25, 0.3) is 0 Å². The van der Waals surface area contributed by atoms with E-state index in [1.54, 1.807) is 15.8 Å². The van der Waals surface area contributed by atoms with Crippen molar-refractivity contribution < 1.29 is 9.21 Å². The number of halogens is 1. The zero-order chi connectivity index (χ0) is 17.1. The largest absolute Gasteiger partial charge is 0.459 e. The van der Waals surface area contributed by atoms with Crippen molar-refractivity contribution in [2.75, 3.05) is 13.1 Å². The summed E-state index contributed by atoms with van der Waals surface area (Å²) in [5.41, 5.74) is 2.26. The first-order chi connectivity index (χ1) is 12.3. The summed E-state index contributed by atoms with van der Waals surface area (Å²) in [5, 5.41) is 7.07. The molecule has 0 unspecified atom stereocenters. The average molecular weight is 373 g/mol. The van der Waals surface area contributed by atoms with Crippen LogP contribution < -0.4 is 5.32 Å².